The van der Waals surface area contributed by atoms with Gasteiger partial charge in [-0.05, 0) is 11.1 Å². The number of quaternary nitrogens is 1. The lowest BCUT2D eigenvalue weighted by molar-refractivity contribution is -0.870. The van der Waals surface area contributed by atoms with E-state index in [4.69, 9.17) is 32.5 Å². The molecule has 3 N–H and O–H groups in total. The Bertz CT molecular complexity index is 2350. The van der Waals surface area contributed by atoms with Crippen LogP contribution in [0.25, 0.3) is 11.2 Å². The van der Waals surface area contributed by atoms with Gasteiger partial charge in [0.25, 0.3) is 0 Å². The highest BCUT2D eigenvalue weighted by Gasteiger charge is 2.42. The molecule has 0 saturated carbocycles. The Labute approximate surface area is 398 Å². The Morgan fingerprint density at radius 3 is 2.24 bits per heavy atom. The third kappa shape index (κ3) is 17.1. The topological polar surface area (TPSA) is 247 Å². The van der Waals surface area contributed by atoms with E-state index in [1.54, 1.807) is 34.9 Å². The van der Waals surface area contributed by atoms with E-state index in [1.807, 2.05) is 51.5 Å². The molecular weight excluding hydrogens is 959 g/mol. The number of rotatable bonds is 25. The highest BCUT2D eigenvalue weighted by atomic mass is 79.9. The first-order valence-electron chi connectivity index (χ1n) is 20.9. The molecule has 3 heterocycles. The van der Waals surface area contributed by atoms with Crippen LogP contribution in [0.5, 0.6) is 0 Å². The Morgan fingerprint density at radius 2 is 1.58 bits per heavy atom. The predicted molar refractivity (Wildman–Crippen MR) is 238 cm³/mol. The lowest BCUT2D eigenvalue weighted by Gasteiger charge is -2.26. The Balaban J connectivity index is 0.00000980. The number of hydrogen-bond acceptors (Lipinski definition) is 16. The first-order valence-corrected chi connectivity index (χ1v) is 22.4. The van der Waals surface area contributed by atoms with Crippen molar-refractivity contribution in [2.45, 2.75) is 56.7 Å². The normalized spacial score (nSPS) is 17.4. The number of nitrogens with zero attached hydrogens (tertiary/aromatic N) is 5. The quantitative estimate of drug-likeness (QED) is 0.0274. The van der Waals surface area contributed by atoms with Crippen LogP contribution in [0, 0.1) is 0 Å². The molecule has 1 saturated heterocycles. The van der Waals surface area contributed by atoms with Crippen LogP contribution in [0.1, 0.15) is 30.7 Å². The van der Waals surface area contributed by atoms with E-state index in [-0.39, 0.29) is 73.3 Å². The summed E-state index contributed by atoms with van der Waals surface area (Å²) in [5, 5.41) is 7.76. The second-order valence-electron chi connectivity index (χ2n) is 15.9. The van der Waals surface area contributed by atoms with Crippen molar-refractivity contribution in [3.8, 4) is 0 Å². The minimum Gasteiger partial charge on any atom is -1.00 e. The second-order valence-corrected chi connectivity index (χ2v) is 17.6. The van der Waals surface area contributed by atoms with Gasteiger partial charge in [0.1, 0.15) is 56.6 Å². The van der Waals surface area contributed by atoms with E-state index in [1.165, 1.54) is 31.7 Å². The molecule has 21 nitrogen and oxygen atoms in total. The van der Waals surface area contributed by atoms with Crippen LogP contribution in [0.15, 0.2) is 98.6 Å². The van der Waals surface area contributed by atoms with E-state index < -0.39 is 75.5 Å². The molecule has 362 valence electrons. The number of alkyl carbamates (subject to hydrolysis) is 1. The maximum Gasteiger partial charge on any atom is 0.475 e. The smallest absolute Gasteiger partial charge is 0.475 e. The Kier molecular flexibility index (Phi) is 20.8. The molecule has 1 aliphatic rings. The fourth-order valence-corrected chi connectivity index (χ4v) is 7.57. The summed E-state index contributed by atoms with van der Waals surface area (Å²) in [6.45, 7) is 6.98. The number of halogens is 1. The third-order valence-electron chi connectivity index (χ3n) is 9.61. The zero-order valence-corrected chi connectivity index (χ0v) is 40.1. The Morgan fingerprint density at radius 1 is 0.896 bits per heavy atom. The number of hydrogen-bond donors (Lipinski definition) is 3. The first-order chi connectivity index (χ1) is 31.6. The van der Waals surface area contributed by atoms with Gasteiger partial charge in [0.15, 0.2) is 17.0 Å². The van der Waals surface area contributed by atoms with Gasteiger partial charge in [-0.25, -0.2) is 29.1 Å². The number of carbonyl (C=O) groups excluding carboxylic acids is 5. The van der Waals surface area contributed by atoms with Crippen LogP contribution < -0.4 is 32.9 Å². The van der Waals surface area contributed by atoms with Crippen molar-refractivity contribution in [2.24, 2.45) is 0 Å². The first kappa shape index (κ1) is 53.7. The van der Waals surface area contributed by atoms with Gasteiger partial charge >= 0.3 is 25.9 Å². The molecule has 2 aromatic heterocycles. The van der Waals surface area contributed by atoms with E-state index in [9.17, 15) is 28.5 Å². The summed E-state index contributed by atoms with van der Waals surface area (Å²) >= 11 is 0. The van der Waals surface area contributed by atoms with Gasteiger partial charge in [-0.2, -0.15) is 0 Å². The fourth-order valence-electron chi connectivity index (χ4n) is 6.39. The van der Waals surface area contributed by atoms with E-state index in [2.05, 4.69) is 44.1 Å². The van der Waals surface area contributed by atoms with Crippen LogP contribution >= 0.6 is 7.82 Å². The molecule has 0 bridgehead atoms. The molecule has 23 heteroatoms. The number of benzene rings is 2. The number of likely N-dealkylation sites (N-methyl/N-ethyl adjacent to an activating group) is 1. The maximum absolute atomic E-state index is 14.2. The number of anilines is 1. The van der Waals surface area contributed by atoms with Gasteiger partial charge in [0.05, 0.1) is 53.7 Å². The zero-order valence-electron chi connectivity index (χ0n) is 37.6. The summed E-state index contributed by atoms with van der Waals surface area (Å²) in [6.07, 6.45) is 1.55. The molecule has 3 amide bonds. The van der Waals surface area contributed by atoms with Crippen molar-refractivity contribution in [1.29, 1.82) is 0 Å². The van der Waals surface area contributed by atoms with Gasteiger partial charge in [0.2, 0.25) is 11.8 Å². The number of carbonyl (C=O) groups is 5. The van der Waals surface area contributed by atoms with Gasteiger partial charge in [0, 0.05) is 19.8 Å². The van der Waals surface area contributed by atoms with Crippen LogP contribution in [0.2, 0.25) is 0 Å². The number of ether oxygens (including phenoxy) is 4. The average molecular weight is 1020 g/mol. The molecule has 0 aliphatic carbocycles. The third-order valence-corrected chi connectivity index (χ3v) is 11.0. The number of aromatic nitrogens is 4. The molecule has 4 aromatic rings. The molecule has 0 spiro atoms. The number of phosphoric acid groups is 1. The van der Waals surface area contributed by atoms with E-state index in [0.717, 1.165) is 5.56 Å². The van der Waals surface area contributed by atoms with Crippen LogP contribution in [-0.4, -0.2) is 139 Å². The number of fused-ring (bicyclic) bond motifs is 1. The maximum atomic E-state index is 14.2. The minimum atomic E-state index is -4.66. The zero-order chi connectivity index (χ0) is 47.7. The molecule has 5 rings (SSSR count). The summed E-state index contributed by atoms with van der Waals surface area (Å²) in [5.41, 5.74) is 2.08. The summed E-state index contributed by atoms with van der Waals surface area (Å²) in [6, 6.07) is 15.2. The molecule has 1 unspecified atom stereocenters. The second kappa shape index (κ2) is 25.9. The molecule has 1 fully saturated rings. The molecule has 2 aromatic carbocycles. The average Bonchev–Trinajstić information content (AvgIpc) is 3.90. The number of phosphoric ester groups is 1. The molecular formula is C44H56BrN8O13P. The van der Waals surface area contributed by atoms with Crippen molar-refractivity contribution in [2.75, 3.05) is 66.0 Å². The summed E-state index contributed by atoms with van der Waals surface area (Å²) < 4.78 is 55.6. The lowest BCUT2D eigenvalue weighted by Crippen LogP contribution is -3.00. The van der Waals surface area contributed by atoms with Crippen LogP contribution in [-0.2, 0) is 69.1 Å². The summed E-state index contributed by atoms with van der Waals surface area (Å²) in [5.74, 6) is -2.43. The van der Waals surface area contributed by atoms with Gasteiger partial charge in [-0.3, -0.25) is 32.5 Å². The van der Waals surface area contributed by atoms with Gasteiger partial charge in [-0.1, -0.05) is 79.4 Å². The number of nitrogens with one attached hydrogen (secondary N) is 3. The van der Waals surface area contributed by atoms with Crippen LogP contribution in [0.4, 0.5) is 10.6 Å². The van der Waals surface area contributed by atoms with Crippen molar-refractivity contribution in [1.82, 2.24) is 30.2 Å². The van der Waals surface area contributed by atoms with E-state index in [0.29, 0.717) is 22.2 Å². The molecule has 1 aliphatic heterocycles. The van der Waals surface area contributed by atoms with Crippen molar-refractivity contribution >= 4 is 54.7 Å². The fraction of sp³-hybridized carbons (Fsp3) is 0.409. The monoisotopic (exact) mass is 1010 g/mol. The van der Waals surface area contributed by atoms with Crippen LogP contribution in [0.3, 0.4) is 0 Å². The minimum absolute atomic E-state index is 0. The number of amides is 3. The lowest BCUT2D eigenvalue weighted by atomic mass is 10.1. The summed E-state index contributed by atoms with van der Waals surface area (Å²) in [7, 11) is 1.13. The largest absolute Gasteiger partial charge is 1.00 e. The highest BCUT2D eigenvalue weighted by Crippen LogP contribution is 2.50. The van der Waals surface area contributed by atoms with Crippen molar-refractivity contribution in [3.63, 3.8) is 0 Å². The SMILES string of the molecule is C=CCOC(=O)N[C@@H](COP(=O)(OCC=C)OC[C@H]1O[C@@H](n2cnc3c(NC(=O)Cc4ccccc4)ncnc32)C[C@@H]1OC(C)=O)C(=O)N[C@@H](Cc1ccccc1)C(=O)OCC[N+](C)(C)C.[Br-]. The number of esters is 2. The van der Waals surface area contributed by atoms with Crippen molar-refractivity contribution in [3.05, 3.63) is 110 Å². The highest BCUT2D eigenvalue weighted by molar-refractivity contribution is 7.48. The molecule has 6 atom stereocenters. The van der Waals surface area contributed by atoms with Gasteiger partial charge in [-0.15, -0.1) is 6.58 Å². The van der Waals surface area contributed by atoms with E-state index >= 15 is 0 Å². The number of imidazole rings is 1. The van der Waals surface area contributed by atoms with Crippen molar-refractivity contribution < 1.29 is 82.5 Å². The summed E-state index contributed by atoms with van der Waals surface area (Å²) in [4.78, 5) is 78.2. The standard InChI is InChI=1S/C44H55N8O13P.BrH/c1-7-20-60-44(57)49-34(42(55)48-33(23-31-15-11-9-12-16-31)43(56)59-22-19-52(4,5)6)26-62-66(58,61-21-8-2)63-27-36-35(64-30(3)53)25-38(65-36)51-29-47-39-40(45-28-46-41(39)51)50-37(54)24-32-17-13-10-14-18-32;/h7-18,28-29,33-36,38H,1-2,19-27H2,3-6H3,(H2-,45,46,48,49,50,54,55,57);1H/t33-,34-,35-,36+,38+,66?;/m0./s1. The Hall–Kier alpha value is -5.87. The van der Waals surface area contributed by atoms with Gasteiger partial charge < -0.3 is 56.4 Å². The molecule has 67 heavy (non-hydrogen) atoms. The predicted octanol–water partition coefficient (Wildman–Crippen LogP) is 0.832. The molecule has 0 radical (unpaired) electrons.